The van der Waals surface area contributed by atoms with E-state index in [2.05, 4.69) is 0 Å². The van der Waals surface area contributed by atoms with Crippen molar-refractivity contribution in [3.8, 4) is 0 Å². The number of nitrogen functional groups attached to an aromatic ring is 1. The van der Waals surface area contributed by atoms with Crippen molar-refractivity contribution >= 4 is 11.5 Å². The molecule has 0 amide bonds. The molecule has 78 valence electrons. The van der Waals surface area contributed by atoms with Crippen LogP contribution in [-0.4, -0.2) is 12.4 Å². The molecule has 1 aliphatic heterocycles. The van der Waals surface area contributed by atoms with Crippen LogP contribution in [0, 0.1) is 5.82 Å². The molecule has 0 saturated heterocycles. The van der Waals surface area contributed by atoms with E-state index in [4.69, 9.17) is 10.5 Å². The van der Waals surface area contributed by atoms with E-state index in [1.165, 1.54) is 18.4 Å². The van der Waals surface area contributed by atoms with Crippen LogP contribution in [-0.2, 0) is 4.74 Å². The van der Waals surface area contributed by atoms with E-state index in [1.807, 2.05) is 0 Å². The van der Waals surface area contributed by atoms with Gasteiger partial charge in [0.25, 0.3) is 0 Å². The molecule has 0 bridgehead atoms. The van der Waals surface area contributed by atoms with Crippen LogP contribution < -0.4 is 5.73 Å². The van der Waals surface area contributed by atoms with Gasteiger partial charge in [0.05, 0.1) is 12.9 Å². The van der Waals surface area contributed by atoms with E-state index >= 15 is 0 Å². The maximum Gasteiger partial charge on any atom is 0.194 e. The van der Waals surface area contributed by atoms with Crippen molar-refractivity contribution in [2.75, 3.05) is 12.3 Å². The molecule has 0 spiro atoms. The topological polar surface area (TPSA) is 52.3 Å². The number of Topliss-reactive ketones (excluding diaryl/α,β-unsaturated/α-hetero) is 1. The Bertz CT molecular complexity index is 440. The minimum absolute atomic E-state index is 0.201. The zero-order valence-corrected chi connectivity index (χ0v) is 8.00. The number of carbonyl (C=O) groups excluding carboxylic acids is 1. The van der Waals surface area contributed by atoms with Crippen LogP contribution >= 0.6 is 0 Å². The highest BCUT2D eigenvalue weighted by atomic mass is 19.1. The van der Waals surface area contributed by atoms with Gasteiger partial charge in [0.15, 0.2) is 5.78 Å². The molecule has 0 aliphatic carbocycles. The highest BCUT2D eigenvalue weighted by Gasteiger charge is 2.18. The number of hydrogen-bond acceptors (Lipinski definition) is 3. The van der Waals surface area contributed by atoms with Crippen molar-refractivity contribution < 1.29 is 13.9 Å². The summed E-state index contributed by atoms with van der Waals surface area (Å²) in [5, 5.41) is 0. The summed E-state index contributed by atoms with van der Waals surface area (Å²) in [6, 6.07) is 3.77. The summed E-state index contributed by atoms with van der Waals surface area (Å²) in [4.78, 5) is 11.8. The van der Waals surface area contributed by atoms with Gasteiger partial charge < -0.3 is 10.5 Å². The smallest absolute Gasteiger partial charge is 0.194 e. The summed E-state index contributed by atoms with van der Waals surface area (Å²) in [6.07, 6.45) is 1.96. The first-order valence-electron chi connectivity index (χ1n) is 4.59. The van der Waals surface area contributed by atoms with Crippen molar-refractivity contribution in [3.63, 3.8) is 0 Å². The van der Waals surface area contributed by atoms with Crippen LogP contribution in [0.1, 0.15) is 16.8 Å². The quantitative estimate of drug-likeness (QED) is 0.595. The lowest BCUT2D eigenvalue weighted by atomic mass is 10.0. The molecule has 0 saturated carbocycles. The predicted molar refractivity (Wildman–Crippen MR) is 53.8 cm³/mol. The summed E-state index contributed by atoms with van der Waals surface area (Å²) in [7, 11) is 0. The van der Waals surface area contributed by atoms with Crippen molar-refractivity contribution in [2.45, 2.75) is 6.42 Å². The molecule has 2 N–H and O–H groups in total. The maximum atomic E-state index is 12.9. The Balaban J connectivity index is 2.36. The fourth-order valence-corrected chi connectivity index (χ4v) is 1.45. The summed E-state index contributed by atoms with van der Waals surface area (Å²) >= 11 is 0. The van der Waals surface area contributed by atoms with Gasteiger partial charge in [0.2, 0.25) is 0 Å². The number of halogens is 1. The van der Waals surface area contributed by atoms with Crippen molar-refractivity contribution in [2.24, 2.45) is 0 Å². The Labute approximate surface area is 86.3 Å². The van der Waals surface area contributed by atoms with Crippen LogP contribution in [0.3, 0.4) is 0 Å². The fraction of sp³-hybridized carbons (Fsp3) is 0.182. The first kappa shape index (κ1) is 9.71. The molecular formula is C11H10FNO2. The molecule has 15 heavy (non-hydrogen) atoms. The van der Waals surface area contributed by atoms with Crippen LogP contribution in [0.5, 0.6) is 0 Å². The first-order chi connectivity index (χ1) is 7.18. The van der Waals surface area contributed by atoms with Crippen LogP contribution in [0.4, 0.5) is 10.1 Å². The number of anilines is 1. The van der Waals surface area contributed by atoms with E-state index in [0.29, 0.717) is 18.6 Å². The summed E-state index contributed by atoms with van der Waals surface area (Å²) in [6.45, 7) is 0.496. The van der Waals surface area contributed by atoms with Crippen molar-refractivity contribution in [1.29, 1.82) is 0 Å². The number of benzene rings is 1. The molecule has 1 aliphatic rings. The Morgan fingerprint density at radius 3 is 2.93 bits per heavy atom. The minimum atomic E-state index is -0.466. The van der Waals surface area contributed by atoms with Gasteiger partial charge in [-0.05, 0) is 18.2 Å². The second-order valence-electron chi connectivity index (χ2n) is 3.32. The molecule has 0 atom stereocenters. The molecule has 0 aromatic heterocycles. The zero-order valence-electron chi connectivity index (χ0n) is 8.00. The van der Waals surface area contributed by atoms with Crippen molar-refractivity contribution in [1.82, 2.24) is 0 Å². The van der Waals surface area contributed by atoms with E-state index in [-0.39, 0.29) is 17.0 Å². The Morgan fingerprint density at radius 1 is 1.47 bits per heavy atom. The molecule has 3 nitrogen and oxygen atoms in total. The highest BCUT2D eigenvalue weighted by molar-refractivity contribution is 6.11. The Morgan fingerprint density at radius 2 is 2.27 bits per heavy atom. The summed E-state index contributed by atoms with van der Waals surface area (Å²) in [5.74, 6) is -0.725. The fourth-order valence-electron chi connectivity index (χ4n) is 1.45. The lowest BCUT2D eigenvalue weighted by Gasteiger charge is -2.04. The molecule has 0 fully saturated rings. The largest absolute Gasteiger partial charge is 0.500 e. The monoisotopic (exact) mass is 207 g/mol. The number of ketones is 1. The van der Waals surface area contributed by atoms with Gasteiger partial charge in [-0.1, -0.05) is 0 Å². The normalized spacial score (nSPS) is 14.6. The van der Waals surface area contributed by atoms with Gasteiger partial charge in [-0.2, -0.15) is 0 Å². The van der Waals surface area contributed by atoms with Crippen molar-refractivity contribution in [3.05, 3.63) is 41.4 Å². The van der Waals surface area contributed by atoms with E-state index in [9.17, 15) is 9.18 Å². The van der Waals surface area contributed by atoms with E-state index < -0.39 is 5.82 Å². The highest BCUT2D eigenvalue weighted by Crippen LogP contribution is 2.21. The Hall–Kier alpha value is -1.84. The third kappa shape index (κ3) is 1.83. The van der Waals surface area contributed by atoms with Crippen LogP contribution in [0.2, 0.25) is 0 Å². The van der Waals surface area contributed by atoms with Gasteiger partial charge in [0, 0.05) is 23.2 Å². The van der Waals surface area contributed by atoms with Gasteiger partial charge in [-0.25, -0.2) is 4.39 Å². The molecule has 2 rings (SSSR count). The molecule has 1 aromatic rings. The van der Waals surface area contributed by atoms with E-state index in [1.54, 1.807) is 0 Å². The molecule has 1 heterocycles. The molecular weight excluding hydrogens is 197 g/mol. The third-order valence-electron chi connectivity index (χ3n) is 2.27. The number of nitrogens with two attached hydrogens (primary N) is 1. The molecule has 0 radical (unpaired) electrons. The Kier molecular flexibility index (Phi) is 2.41. The zero-order chi connectivity index (χ0) is 10.8. The average Bonchev–Trinajstić information content (AvgIpc) is 2.74. The van der Waals surface area contributed by atoms with Crippen LogP contribution in [0.25, 0.3) is 0 Å². The van der Waals surface area contributed by atoms with Gasteiger partial charge in [-0.15, -0.1) is 0 Å². The van der Waals surface area contributed by atoms with Gasteiger partial charge >= 0.3 is 0 Å². The minimum Gasteiger partial charge on any atom is -0.500 e. The molecule has 0 unspecified atom stereocenters. The number of rotatable bonds is 2. The second kappa shape index (κ2) is 3.73. The lowest BCUT2D eigenvalue weighted by molar-refractivity contribution is 0.103. The number of ether oxygens (including phenoxy) is 1. The summed E-state index contributed by atoms with van der Waals surface area (Å²) in [5.41, 5.74) is 6.62. The predicted octanol–water partition coefficient (Wildman–Crippen LogP) is 1.89. The first-order valence-corrected chi connectivity index (χ1v) is 4.59. The third-order valence-corrected chi connectivity index (χ3v) is 2.27. The molecule has 4 heteroatoms. The van der Waals surface area contributed by atoms with Gasteiger partial charge in [-0.3, -0.25) is 4.79 Å². The lowest BCUT2D eigenvalue weighted by Crippen LogP contribution is -2.06. The number of hydrogen-bond donors (Lipinski definition) is 1. The summed E-state index contributed by atoms with van der Waals surface area (Å²) < 4.78 is 17.9. The average molecular weight is 207 g/mol. The van der Waals surface area contributed by atoms with Crippen LogP contribution in [0.15, 0.2) is 30.0 Å². The number of carbonyl (C=O) groups is 1. The second-order valence-corrected chi connectivity index (χ2v) is 3.32. The molecule has 1 aromatic carbocycles. The van der Waals surface area contributed by atoms with E-state index in [0.717, 1.165) is 6.07 Å². The SMILES string of the molecule is Nc1ccc(F)cc1C(=O)C1=COCC1. The van der Waals surface area contributed by atoms with Gasteiger partial charge in [0.1, 0.15) is 5.82 Å². The standard InChI is InChI=1S/C11H10FNO2/c12-8-1-2-10(13)9(5-8)11(14)7-3-4-15-6-7/h1-2,5-6H,3-4,13H2. The maximum absolute atomic E-state index is 12.9.